The monoisotopic (exact) mass is 456 g/mol. The van der Waals surface area contributed by atoms with Crippen LogP contribution in [0.4, 0.5) is 5.69 Å². The molecule has 0 atom stereocenters. The first-order chi connectivity index (χ1) is 15.8. The van der Waals surface area contributed by atoms with Gasteiger partial charge in [-0.25, -0.2) is 0 Å². The molecule has 2 aromatic carbocycles. The Balaban J connectivity index is 2.08. The van der Waals surface area contributed by atoms with Crippen molar-refractivity contribution in [2.75, 3.05) is 18.7 Å². The maximum Gasteiger partial charge on any atom is 0.302 e. The summed E-state index contributed by atoms with van der Waals surface area (Å²) < 4.78 is 15.7. The van der Waals surface area contributed by atoms with E-state index >= 15 is 0 Å². The number of hydrogen-bond donors (Lipinski definition) is 1. The maximum absolute atomic E-state index is 12.8. The van der Waals surface area contributed by atoms with Gasteiger partial charge in [-0.2, -0.15) is 0 Å². The van der Waals surface area contributed by atoms with Crippen LogP contribution in [0, 0.1) is 0 Å². The Morgan fingerprint density at radius 3 is 1.79 bits per heavy atom. The summed E-state index contributed by atoms with van der Waals surface area (Å²) in [5.74, 6) is -0.725. The second-order valence-electron chi connectivity index (χ2n) is 7.14. The number of esters is 2. The Kier molecular flexibility index (Phi) is 9.88. The van der Waals surface area contributed by atoms with Gasteiger partial charge in [0.15, 0.2) is 6.73 Å². The van der Waals surface area contributed by atoms with E-state index in [0.717, 1.165) is 11.1 Å². The largest absolute Gasteiger partial charge is 0.473 e. The number of benzene rings is 2. The number of carbonyl (C=O) groups is 4. The minimum Gasteiger partial charge on any atom is -0.473 e. The Morgan fingerprint density at radius 1 is 0.788 bits per heavy atom. The summed E-state index contributed by atoms with van der Waals surface area (Å²) in [5.41, 5.74) is 2.16. The lowest BCUT2D eigenvalue weighted by Crippen LogP contribution is -2.35. The van der Waals surface area contributed by atoms with Crippen LogP contribution in [0.2, 0.25) is 0 Å². The van der Waals surface area contributed by atoms with Crippen LogP contribution in [-0.4, -0.2) is 37.5 Å². The van der Waals surface area contributed by atoms with Crippen molar-refractivity contribution in [2.45, 2.75) is 39.9 Å². The molecule has 0 aliphatic heterocycles. The van der Waals surface area contributed by atoms with Gasteiger partial charge in [-0.05, 0) is 35.4 Å². The van der Waals surface area contributed by atoms with Gasteiger partial charge in [-0.15, -0.1) is 0 Å². The van der Waals surface area contributed by atoms with Gasteiger partial charge >= 0.3 is 11.9 Å². The van der Waals surface area contributed by atoms with E-state index in [-0.39, 0.29) is 56.5 Å². The van der Waals surface area contributed by atoms with Crippen LogP contribution in [0.5, 0.6) is 5.75 Å². The number of amides is 2. The molecule has 2 rings (SSSR count). The quantitative estimate of drug-likeness (QED) is 0.409. The van der Waals surface area contributed by atoms with Gasteiger partial charge in [0.1, 0.15) is 19.0 Å². The van der Waals surface area contributed by atoms with Crippen LogP contribution >= 0.6 is 0 Å². The van der Waals surface area contributed by atoms with Crippen LogP contribution < -0.4 is 15.0 Å². The molecule has 0 aliphatic rings. The smallest absolute Gasteiger partial charge is 0.302 e. The molecule has 9 nitrogen and oxygen atoms in total. The first kappa shape index (κ1) is 25.4. The van der Waals surface area contributed by atoms with Gasteiger partial charge < -0.3 is 19.5 Å². The summed E-state index contributed by atoms with van der Waals surface area (Å²) in [4.78, 5) is 47.8. The van der Waals surface area contributed by atoms with Crippen molar-refractivity contribution in [1.29, 1.82) is 0 Å². The van der Waals surface area contributed by atoms with E-state index in [4.69, 9.17) is 14.2 Å². The average molecular weight is 456 g/mol. The lowest BCUT2D eigenvalue weighted by Gasteiger charge is -2.23. The van der Waals surface area contributed by atoms with Crippen molar-refractivity contribution in [1.82, 2.24) is 5.32 Å². The zero-order chi connectivity index (χ0) is 24.2. The fourth-order valence-corrected chi connectivity index (χ4v) is 2.73. The Hall–Kier alpha value is -3.88. The normalized spacial score (nSPS) is 10.2. The number of ether oxygens (including phenoxy) is 3. The van der Waals surface area contributed by atoms with Crippen LogP contribution in [0.15, 0.2) is 48.5 Å². The average Bonchev–Trinajstić information content (AvgIpc) is 2.81. The highest BCUT2D eigenvalue weighted by Gasteiger charge is 2.18. The third-order valence-electron chi connectivity index (χ3n) is 4.56. The van der Waals surface area contributed by atoms with Crippen molar-refractivity contribution >= 4 is 29.4 Å². The van der Waals surface area contributed by atoms with Crippen molar-refractivity contribution in [3.8, 4) is 5.75 Å². The molecule has 0 heterocycles. The molecule has 176 valence electrons. The van der Waals surface area contributed by atoms with E-state index < -0.39 is 0 Å². The number of carbonyl (C=O) groups excluding carboxylic acids is 4. The Morgan fingerprint density at radius 2 is 1.30 bits per heavy atom. The number of hydrogen-bond acceptors (Lipinski definition) is 7. The SMILES string of the molecule is CNC(=O)CCC(=O)N(COc1ccc(COC(C)=O)cc1)c1ccc(COC(C)=O)cc1. The molecule has 0 saturated heterocycles. The molecule has 9 heteroatoms. The highest BCUT2D eigenvalue weighted by Crippen LogP contribution is 2.20. The van der Waals surface area contributed by atoms with Crippen LogP contribution in [0.1, 0.15) is 37.8 Å². The van der Waals surface area contributed by atoms with E-state index in [9.17, 15) is 19.2 Å². The van der Waals surface area contributed by atoms with E-state index in [1.165, 1.54) is 25.8 Å². The van der Waals surface area contributed by atoms with Crippen molar-refractivity contribution < 1.29 is 33.4 Å². The topological polar surface area (TPSA) is 111 Å². The van der Waals surface area contributed by atoms with Crippen molar-refractivity contribution in [2.24, 2.45) is 0 Å². The molecular formula is C24H28N2O7. The standard InChI is InChI=1S/C24H28N2O7/c1-17(27)31-14-19-4-8-21(9-5-19)26(24(30)13-12-23(29)25-3)16-33-22-10-6-20(7-11-22)15-32-18(2)28/h4-11H,12-16H2,1-3H3,(H,25,29). The molecule has 33 heavy (non-hydrogen) atoms. The van der Waals surface area contributed by atoms with Crippen LogP contribution in [0.3, 0.4) is 0 Å². The van der Waals surface area contributed by atoms with Crippen molar-refractivity contribution in [3.05, 3.63) is 59.7 Å². The summed E-state index contributed by atoms with van der Waals surface area (Å²) in [6, 6.07) is 13.9. The molecule has 0 saturated carbocycles. The maximum atomic E-state index is 12.8. The van der Waals surface area contributed by atoms with Crippen LogP contribution in [-0.2, 0) is 41.9 Å². The van der Waals surface area contributed by atoms with Gasteiger partial charge in [0.05, 0.1) is 0 Å². The van der Waals surface area contributed by atoms with Gasteiger partial charge in [0.2, 0.25) is 11.8 Å². The summed E-state index contributed by atoms with van der Waals surface area (Å²) >= 11 is 0. The molecule has 0 spiro atoms. The van der Waals surface area contributed by atoms with E-state index in [2.05, 4.69) is 5.32 Å². The number of nitrogens with one attached hydrogen (secondary N) is 1. The van der Waals surface area contributed by atoms with Gasteiger partial charge in [0.25, 0.3) is 0 Å². The summed E-state index contributed by atoms with van der Waals surface area (Å²) in [6.07, 6.45) is 0.0702. The zero-order valence-corrected chi connectivity index (χ0v) is 19.0. The molecule has 0 aliphatic carbocycles. The van der Waals surface area contributed by atoms with Gasteiger partial charge in [0, 0.05) is 39.4 Å². The number of anilines is 1. The third-order valence-corrected chi connectivity index (χ3v) is 4.56. The minimum absolute atomic E-state index is 0.0134. The fraction of sp³-hybridized carbons (Fsp3) is 0.333. The molecule has 0 fully saturated rings. The van der Waals surface area contributed by atoms with Crippen LogP contribution in [0.25, 0.3) is 0 Å². The minimum atomic E-state index is -0.377. The predicted octanol–water partition coefficient (Wildman–Crippen LogP) is 2.71. The van der Waals surface area contributed by atoms with E-state index in [1.807, 2.05) is 0 Å². The van der Waals surface area contributed by atoms with E-state index in [1.54, 1.807) is 48.5 Å². The first-order valence-corrected chi connectivity index (χ1v) is 10.4. The lowest BCUT2D eigenvalue weighted by molar-refractivity contribution is -0.143. The van der Waals surface area contributed by atoms with E-state index in [0.29, 0.717) is 11.4 Å². The third kappa shape index (κ3) is 9.02. The molecule has 0 radical (unpaired) electrons. The second kappa shape index (κ2) is 12.8. The predicted molar refractivity (Wildman–Crippen MR) is 120 cm³/mol. The summed E-state index contributed by atoms with van der Waals surface area (Å²) in [6.45, 7) is 2.91. The van der Waals surface area contributed by atoms with Crippen molar-refractivity contribution in [3.63, 3.8) is 0 Å². The molecule has 0 aromatic heterocycles. The Bertz CT molecular complexity index is 956. The highest BCUT2D eigenvalue weighted by molar-refractivity contribution is 5.95. The zero-order valence-electron chi connectivity index (χ0n) is 19.0. The molecule has 2 aromatic rings. The first-order valence-electron chi connectivity index (χ1n) is 10.4. The second-order valence-corrected chi connectivity index (χ2v) is 7.14. The Labute approximate surface area is 192 Å². The summed E-state index contributed by atoms with van der Waals surface area (Å²) in [5, 5.41) is 2.50. The lowest BCUT2D eigenvalue weighted by atomic mass is 10.2. The molecule has 0 unspecified atom stereocenters. The molecule has 0 bridgehead atoms. The molecular weight excluding hydrogens is 428 g/mol. The fourth-order valence-electron chi connectivity index (χ4n) is 2.73. The highest BCUT2D eigenvalue weighted by atomic mass is 16.5. The van der Waals surface area contributed by atoms with Gasteiger partial charge in [-0.1, -0.05) is 24.3 Å². The molecule has 2 amide bonds. The summed E-state index contributed by atoms with van der Waals surface area (Å²) in [7, 11) is 1.51. The van der Waals surface area contributed by atoms with Gasteiger partial charge in [-0.3, -0.25) is 24.1 Å². The number of nitrogens with zero attached hydrogens (tertiary/aromatic N) is 1. The molecule has 1 N–H and O–H groups in total. The number of rotatable bonds is 11.